The van der Waals surface area contributed by atoms with E-state index in [-0.39, 0.29) is 29.4 Å². The van der Waals surface area contributed by atoms with Crippen molar-refractivity contribution in [2.45, 2.75) is 59.8 Å². The third kappa shape index (κ3) is 5.88. The van der Waals surface area contributed by atoms with Crippen LogP contribution in [0.4, 0.5) is 0 Å². The fourth-order valence-corrected chi connectivity index (χ4v) is 2.95. The lowest BCUT2D eigenvalue weighted by molar-refractivity contribution is 0.167. The molecule has 19 heavy (non-hydrogen) atoms. The van der Waals surface area contributed by atoms with Crippen molar-refractivity contribution in [2.24, 2.45) is 22.1 Å². The first kappa shape index (κ1) is 19.0. The Hall–Kier alpha value is 0. The first-order chi connectivity index (χ1) is 8.51. The number of guanidine groups is 1. The second kappa shape index (κ2) is 9.03. The van der Waals surface area contributed by atoms with Crippen molar-refractivity contribution in [3.63, 3.8) is 0 Å². The van der Waals surface area contributed by atoms with Gasteiger partial charge >= 0.3 is 0 Å². The van der Waals surface area contributed by atoms with Crippen molar-refractivity contribution < 1.29 is 0 Å². The van der Waals surface area contributed by atoms with E-state index in [0.717, 1.165) is 25.6 Å². The molecule has 1 aliphatic carbocycles. The Morgan fingerprint density at radius 1 is 1.16 bits per heavy atom. The van der Waals surface area contributed by atoms with Gasteiger partial charge in [0.05, 0.1) is 0 Å². The normalized spacial score (nSPS) is 18.0. The Morgan fingerprint density at radius 2 is 1.68 bits per heavy atom. The van der Waals surface area contributed by atoms with E-state index in [1.54, 1.807) is 0 Å². The lowest BCUT2D eigenvalue weighted by Crippen LogP contribution is -2.38. The molecule has 0 unspecified atom stereocenters. The maximum absolute atomic E-state index is 6.05. The van der Waals surface area contributed by atoms with E-state index < -0.39 is 0 Å². The molecule has 1 fully saturated rings. The maximum Gasteiger partial charge on any atom is 0.191 e. The van der Waals surface area contributed by atoms with Gasteiger partial charge in [-0.05, 0) is 38.0 Å². The van der Waals surface area contributed by atoms with Gasteiger partial charge in [0.1, 0.15) is 0 Å². The SMILES string of the molecule is CCN(CC)C(N)=NCC(C)(C)C1CCCCC1.I. The molecule has 0 aromatic heterocycles. The van der Waals surface area contributed by atoms with Crippen LogP contribution in [0.15, 0.2) is 4.99 Å². The highest BCUT2D eigenvalue weighted by molar-refractivity contribution is 14.0. The van der Waals surface area contributed by atoms with Crippen molar-refractivity contribution >= 4 is 29.9 Å². The molecule has 3 nitrogen and oxygen atoms in total. The standard InChI is InChI=1S/C15H31N3.HI/c1-5-18(6-2)14(16)17-12-15(3,4)13-10-8-7-9-11-13;/h13H,5-12H2,1-4H3,(H2,16,17);1H. The van der Waals surface area contributed by atoms with Crippen LogP contribution < -0.4 is 5.73 Å². The molecule has 0 spiro atoms. The first-order valence-electron chi connectivity index (χ1n) is 7.56. The Kier molecular flexibility index (Phi) is 9.03. The van der Waals surface area contributed by atoms with Gasteiger partial charge in [-0.15, -0.1) is 24.0 Å². The Balaban J connectivity index is 0.00000324. The molecule has 114 valence electrons. The molecule has 0 amide bonds. The van der Waals surface area contributed by atoms with E-state index >= 15 is 0 Å². The van der Waals surface area contributed by atoms with E-state index in [9.17, 15) is 0 Å². The maximum atomic E-state index is 6.05. The number of halogens is 1. The molecule has 0 aromatic rings. The molecule has 1 rings (SSSR count). The minimum Gasteiger partial charge on any atom is -0.370 e. The molecular weight excluding hydrogens is 349 g/mol. The summed E-state index contributed by atoms with van der Waals surface area (Å²) >= 11 is 0. The van der Waals surface area contributed by atoms with Gasteiger partial charge in [-0.3, -0.25) is 4.99 Å². The molecule has 0 atom stereocenters. The van der Waals surface area contributed by atoms with Crippen LogP contribution >= 0.6 is 24.0 Å². The molecule has 0 aliphatic heterocycles. The highest BCUT2D eigenvalue weighted by Gasteiger charge is 2.30. The average Bonchev–Trinajstić information content (AvgIpc) is 2.39. The van der Waals surface area contributed by atoms with Crippen LogP contribution in [0.1, 0.15) is 59.8 Å². The highest BCUT2D eigenvalue weighted by atomic mass is 127. The van der Waals surface area contributed by atoms with Gasteiger partial charge in [0.25, 0.3) is 0 Å². The summed E-state index contributed by atoms with van der Waals surface area (Å²) in [5, 5.41) is 0. The van der Waals surface area contributed by atoms with Gasteiger partial charge < -0.3 is 10.6 Å². The number of nitrogens with zero attached hydrogens (tertiary/aromatic N) is 2. The largest absolute Gasteiger partial charge is 0.370 e. The van der Waals surface area contributed by atoms with Crippen LogP contribution in [0.25, 0.3) is 0 Å². The fraction of sp³-hybridized carbons (Fsp3) is 0.933. The summed E-state index contributed by atoms with van der Waals surface area (Å²) in [6, 6.07) is 0. The van der Waals surface area contributed by atoms with Crippen LogP contribution in [-0.2, 0) is 0 Å². The van der Waals surface area contributed by atoms with E-state index in [0.29, 0.717) is 5.96 Å². The van der Waals surface area contributed by atoms with E-state index in [4.69, 9.17) is 5.73 Å². The van der Waals surface area contributed by atoms with Gasteiger partial charge in [-0.2, -0.15) is 0 Å². The quantitative estimate of drug-likeness (QED) is 0.446. The third-order valence-electron chi connectivity index (χ3n) is 4.45. The van der Waals surface area contributed by atoms with Gasteiger partial charge in [0.2, 0.25) is 0 Å². The van der Waals surface area contributed by atoms with Gasteiger partial charge in [-0.25, -0.2) is 0 Å². The highest BCUT2D eigenvalue weighted by Crippen LogP contribution is 2.38. The Bertz CT molecular complexity index is 267. The molecule has 0 saturated heterocycles. The summed E-state index contributed by atoms with van der Waals surface area (Å²) < 4.78 is 0. The predicted octanol–water partition coefficient (Wildman–Crippen LogP) is 3.87. The molecular formula is C15H32IN3. The molecule has 1 saturated carbocycles. The van der Waals surface area contributed by atoms with Crippen molar-refractivity contribution in [2.75, 3.05) is 19.6 Å². The molecule has 0 radical (unpaired) electrons. The monoisotopic (exact) mass is 381 g/mol. The van der Waals surface area contributed by atoms with Crippen molar-refractivity contribution in [3.05, 3.63) is 0 Å². The first-order valence-corrected chi connectivity index (χ1v) is 7.56. The van der Waals surface area contributed by atoms with E-state index in [1.165, 1.54) is 32.1 Å². The third-order valence-corrected chi connectivity index (χ3v) is 4.45. The molecule has 0 aromatic carbocycles. The minimum atomic E-state index is 0. The molecule has 0 heterocycles. The molecule has 0 bridgehead atoms. The smallest absolute Gasteiger partial charge is 0.191 e. The summed E-state index contributed by atoms with van der Waals surface area (Å²) in [7, 11) is 0. The van der Waals surface area contributed by atoms with Gasteiger partial charge in [0, 0.05) is 19.6 Å². The van der Waals surface area contributed by atoms with Crippen LogP contribution in [0.2, 0.25) is 0 Å². The number of nitrogens with two attached hydrogens (primary N) is 1. The van der Waals surface area contributed by atoms with E-state index in [1.807, 2.05) is 0 Å². The number of hydrogen-bond acceptors (Lipinski definition) is 1. The second-order valence-electron chi connectivity index (χ2n) is 6.17. The second-order valence-corrected chi connectivity index (χ2v) is 6.17. The molecule has 4 heteroatoms. The Morgan fingerprint density at radius 3 is 2.16 bits per heavy atom. The molecule has 2 N–H and O–H groups in total. The van der Waals surface area contributed by atoms with Crippen LogP contribution in [0.5, 0.6) is 0 Å². The predicted molar refractivity (Wildman–Crippen MR) is 95.2 cm³/mol. The topological polar surface area (TPSA) is 41.6 Å². The zero-order chi connectivity index (χ0) is 13.6. The summed E-state index contributed by atoms with van der Waals surface area (Å²) in [6.45, 7) is 11.7. The lowest BCUT2D eigenvalue weighted by atomic mass is 9.71. The molecule has 1 aliphatic rings. The fourth-order valence-electron chi connectivity index (χ4n) is 2.95. The summed E-state index contributed by atoms with van der Waals surface area (Å²) in [6.07, 6.45) is 6.94. The lowest BCUT2D eigenvalue weighted by Gasteiger charge is -2.36. The zero-order valence-electron chi connectivity index (χ0n) is 13.1. The Labute approximate surface area is 136 Å². The zero-order valence-corrected chi connectivity index (χ0v) is 15.4. The van der Waals surface area contributed by atoms with E-state index in [2.05, 4.69) is 37.6 Å². The van der Waals surface area contributed by atoms with Crippen molar-refractivity contribution in [1.29, 1.82) is 0 Å². The summed E-state index contributed by atoms with van der Waals surface area (Å²) in [4.78, 5) is 6.76. The number of aliphatic imine (C=N–C) groups is 1. The van der Waals surface area contributed by atoms with Gasteiger partial charge in [-0.1, -0.05) is 33.1 Å². The minimum absolute atomic E-state index is 0. The summed E-state index contributed by atoms with van der Waals surface area (Å²) in [5.41, 5.74) is 6.34. The summed E-state index contributed by atoms with van der Waals surface area (Å²) in [5.74, 6) is 1.53. The van der Waals surface area contributed by atoms with Crippen molar-refractivity contribution in [3.8, 4) is 0 Å². The number of rotatable bonds is 5. The number of hydrogen-bond donors (Lipinski definition) is 1. The van der Waals surface area contributed by atoms with Crippen LogP contribution in [0.3, 0.4) is 0 Å². The average molecular weight is 381 g/mol. The van der Waals surface area contributed by atoms with Crippen LogP contribution in [-0.4, -0.2) is 30.5 Å². The van der Waals surface area contributed by atoms with Crippen molar-refractivity contribution in [1.82, 2.24) is 4.90 Å². The van der Waals surface area contributed by atoms with Crippen LogP contribution in [0, 0.1) is 11.3 Å². The van der Waals surface area contributed by atoms with Gasteiger partial charge in [0.15, 0.2) is 5.96 Å².